The van der Waals surface area contributed by atoms with Crippen LogP contribution in [0, 0.1) is 0 Å². The van der Waals surface area contributed by atoms with E-state index in [0.717, 1.165) is 6.04 Å². The molecule has 0 aromatic heterocycles. The lowest BCUT2D eigenvalue weighted by Crippen LogP contribution is -2.53. The van der Waals surface area contributed by atoms with E-state index in [1.54, 1.807) is 0 Å². The summed E-state index contributed by atoms with van der Waals surface area (Å²) in [5, 5.41) is 0. The van der Waals surface area contributed by atoms with Gasteiger partial charge >= 0.3 is 8.80 Å². The second-order valence-electron chi connectivity index (χ2n) is 8.86. The lowest BCUT2D eigenvalue weighted by Gasteiger charge is -2.37. The van der Waals surface area contributed by atoms with E-state index < -0.39 is 8.80 Å². The minimum Gasteiger partial charge on any atom is -0.374 e. The van der Waals surface area contributed by atoms with E-state index in [9.17, 15) is 0 Å². The molecular weight excluding hydrogens is 378 g/mol. The molecule has 0 N–H and O–H groups in total. The van der Waals surface area contributed by atoms with Gasteiger partial charge in [-0.15, -0.1) is 0 Å². The number of rotatable bonds is 20. The van der Waals surface area contributed by atoms with Gasteiger partial charge in [-0.3, -0.25) is 0 Å². The monoisotopic (exact) mass is 430 g/mol. The second kappa shape index (κ2) is 16.7. The number of hydrogen-bond donors (Lipinski definition) is 0. The molecule has 1 heterocycles. The molecule has 0 saturated carbocycles. The van der Waals surface area contributed by atoms with E-state index in [1.165, 1.54) is 108 Å². The van der Waals surface area contributed by atoms with Crippen molar-refractivity contribution in [3.63, 3.8) is 0 Å². The highest BCUT2D eigenvalue weighted by atomic mass is 28.4. The highest BCUT2D eigenvalue weighted by Crippen LogP contribution is 2.26. The van der Waals surface area contributed by atoms with Gasteiger partial charge in [0, 0.05) is 32.7 Å². The molecule has 0 unspecified atom stereocenters. The minimum absolute atomic E-state index is 0.685. The van der Waals surface area contributed by atoms with Crippen LogP contribution in [-0.2, 0) is 13.3 Å². The van der Waals surface area contributed by atoms with Crippen LogP contribution in [0.5, 0.6) is 0 Å². The fraction of sp³-hybridized carbons (Fsp3) is 1.00. The third-order valence-electron chi connectivity index (χ3n) is 6.49. The van der Waals surface area contributed by atoms with Crippen LogP contribution in [0.4, 0.5) is 0 Å². The minimum atomic E-state index is -2.50. The highest BCUT2D eigenvalue weighted by molar-refractivity contribution is 6.60. The van der Waals surface area contributed by atoms with E-state index in [-0.39, 0.29) is 0 Å². The third kappa shape index (κ3) is 11.3. The van der Waals surface area contributed by atoms with Gasteiger partial charge < -0.3 is 17.8 Å². The van der Waals surface area contributed by atoms with Crippen molar-refractivity contribution in [1.82, 2.24) is 0 Å². The number of hydrogen-bond acceptors (Lipinski definition) is 3. The second-order valence-corrected chi connectivity index (χ2v) is 11.6. The lowest BCUT2D eigenvalue weighted by atomic mass is 10.1. The molecule has 0 aromatic rings. The predicted octanol–water partition coefficient (Wildman–Crippen LogP) is 6.57. The molecule has 1 aliphatic heterocycles. The fourth-order valence-electron chi connectivity index (χ4n) is 4.88. The summed E-state index contributed by atoms with van der Waals surface area (Å²) in [6.45, 7) is 15.7. The molecule has 5 heteroatoms. The first-order chi connectivity index (χ1) is 14.2. The summed E-state index contributed by atoms with van der Waals surface area (Å²) >= 11 is 0. The Labute approximate surface area is 183 Å². The van der Waals surface area contributed by atoms with Gasteiger partial charge in [0.25, 0.3) is 0 Å². The summed E-state index contributed by atoms with van der Waals surface area (Å²) in [5.41, 5.74) is 0. The number of nitrogens with zero attached hydrogens (tertiary/aromatic N) is 1. The number of likely N-dealkylation sites (tertiary alicyclic amines) is 1. The molecule has 0 amide bonds. The van der Waals surface area contributed by atoms with E-state index in [4.69, 9.17) is 13.3 Å². The average Bonchev–Trinajstić information content (AvgIpc) is 3.18. The van der Waals surface area contributed by atoms with Gasteiger partial charge in [-0.1, -0.05) is 58.3 Å². The number of unbranched alkanes of at least 4 members (excludes halogenated alkanes) is 9. The van der Waals surface area contributed by atoms with Crippen LogP contribution in [0.25, 0.3) is 0 Å². The molecule has 0 bridgehead atoms. The molecule has 1 aliphatic rings. The molecular formula is C24H52NO3Si+. The summed E-state index contributed by atoms with van der Waals surface area (Å²) < 4.78 is 19.6. The van der Waals surface area contributed by atoms with Crippen LogP contribution >= 0.6 is 0 Å². The fourth-order valence-corrected chi connectivity index (χ4v) is 7.63. The Balaban J connectivity index is 2.34. The number of quaternary nitrogens is 1. The summed E-state index contributed by atoms with van der Waals surface area (Å²) in [7, 11) is -2.50. The maximum Gasteiger partial charge on any atom is 0.506 e. The zero-order chi connectivity index (χ0) is 21.3. The van der Waals surface area contributed by atoms with Gasteiger partial charge in [0.2, 0.25) is 0 Å². The standard InChI is InChI=1S/C24H52NO3Si/c1-5-9-10-11-12-13-14-15-16-17-20-25(21-18-19-22-25)23-24-29(26-6-2,27-7-3)28-8-4/h5-24H2,1-4H3/q+1. The molecule has 1 fully saturated rings. The quantitative estimate of drug-likeness (QED) is 0.124. The molecule has 0 atom stereocenters. The van der Waals surface area contributed by atoms with Gasteiger partial charge in [-0.25, -0.2) is 0 Å². The first-order valence-electron chi connectivity index (χ1n) is 12.9. The van der Waals surface area contributed by atoms with Crippen LogP contribution in [0.2, 0.25) is 6.04 Å². The smallest absolute Gasteiger partial charge is 0.374 e. The first-order valence-corrected chi connectivity index (χ1v) is 14.9. The van der Waals surface area contributed by atoms with E-state index in [0.29, 0.717) is 19.8 Å². The summed E-state index contributed by atoms with van der Waals surface area (Å²) in [6, 6.07) is 0.972. The van der Waals surface area contributed by atoms with Gasteiger partial charge in [0.05, 0.1) is 32.2 Å². The van der Waals surface area contributed by atoms with Crippen LogP contribution in [0.3, 0.4) is 0 Å². The van der Waals surface area contributed by atoms with Gasteiger partial charge in [0.1, 0.15) is 0 Å². The molecule has 1 saturated heterocycles. The van der Waals surface area contributed by atoms with Crippen molar-refractivity contribution in [1.29, 1.82) is 0 Å². The van der Waals surface area contributed by atoms with E-state index >= 15 is 0 Å². The van der Waals surface area contributed by atoms with Gasteiger partial charge in [-0.2, -0.15) is 0 Å². The Bertz CT molecular complexity index is 358. The molecule has 1 rings (SSSR count). The third-order valence-corrected chi connectivity index (χ3v) is 9.51. The highest BCUT2D eigenvalue weighted by Gasteiger charge is 2.44. The summed E-state index contributed by atoms with van der Waals surface area (Å²) in [6.07, 6.45) is 16.9. The van der Waals surface area contributed by atoms with Crippen molar-refractivity contribution in [3.8, 4) is 0 Å². The maximum atomic E-state index is 6.10. The Morgan fingerprint density at radius 3 is 1.48 bits per heavy atom. The average molecular weight is 431 g/mol. The summed E-state index contributed by atoms with van der Waals surface area (Å²) in [4.78, 5) is 0. The predicted molar refractivity (Wildman–Crippen MR) is 126 cm³/mol. The van der Waals surface area contributed by atoms with E-state index in [2.05, 4.69) is 27.7 Å². The van der Waals surface area contributed by atoms with Gasteiger partial charge in [-0.05, 0) is 33.6 Å². The van der Waals surface area contributed by atoms with Gasteiger partial charge in [0.15, 0.2) is 0 Å². The van der Waals surface area contributed by atoms with Crippen molar-refractivity contribution < 1.29 is 17.8 Å². The largest absolute Gasteiger partial charge is 0.506 e. The van der Waals surface area contributed by atoms with E-state index in [1.807, 2.05) is 0 Å². The zero-order valence-corrected chi connectivity index (χ0v) is 21.3. The topological polar surface area (TPSA) is 27.7 Å². The lowest BCUT2D eigenvalue weighted by molar-refractivity contribution is -0.915. The van der Waals surface area contributed by atoms with Crippen molar-refractivity contribution in [3.05, 3.63) is 0 Å². The van der Waals surface area contributed by atoms with Crippen molar-refractivity contribution in [2.24, 2.45) is 0 Å². The Morgan fingerprint density at radius 1 is 0.586 bits per heavy atom. The SMILES string of the molecule is CCCCCCCCCCCC[N+]1(CC[Si](OCC)(OCC)OCC)CCCC1. The molecule has 174 valence electrons. The molecule has 0 radical (unpaired) electrons. The summed E-state index contributed by atoms with van der Waals surface area (Å²) in [5.74, 6) is 0. The van der Waals surface area contributed by atoms with Crippen molar-refractivity contribution >= 4 is 8.80 Å². The maximum absolute atomic E-state index is 6.10. The molecule has 29 heavy (non-hydrogen) atoms. The Kier molecular flexibility index (Phi) is 15.6. The molecule has 4 nitrogen and oxygen atoms in total. The molecule has 0 aromatic carbocycles. The van der Waals surface area contributed by atoms with Crippen molar-refractivity contribution in [2.45, 2.75) is 111 Å². The Morgan fingerprint density at radius 2 is 1.03 bits per heavy atom. The first kappa shape index (κ1) is 27.1. The van der Waals surface area contributed by atoms with Crippen LogP contribution in [0.1, 0.15) is 105 Å². The molecule has 0 aliphatic carbocycles. The Hall–Kier alpha value is 0.0569. The van der Waals surface area contributed by atoms with Crippen LogP contribution in [0.15, 0.2) is 0 Å². The zero-order valence-electron chi connectivity index (χ0n) is 20.3. The van der Waals surface area contributed by atoms with Crippen molar-refractivity contribution in [2.75, 3.05) is 46.0 Å². The van der Waals surface area contributed by atoms with Crippen LogP contribution < -0.4 is 0 Å². The molecule has 0 spiro atoms. The van der Waals surface area contributed by atoms with Crippen LogP contribution in [-0.4, -0.2) is 59.3 Å². The normalized spacial score (nSPS) is 16.6.